The maximum Gasteiger partial charge on any atom is 0.311 e. The van der Waals surface area contributed by atoms with Crippen LogP contribution in [0, 0.1) is 16.0 Å². The molecular weight excluding hydrogens is 264 g/mol. The van der Waals surface area contributed by atoms with Gasteiger partial charge in [0.2, 0.25) is 0 Å². The number of ether oxygens (including phenoxy) is 1. The summed E-state index contributed by atoms with van der Waals surface area (Å²) >= 11 is 0. The molecule has 1 atom stereocenters. The van der Waals surface area contributed by atoms with Crippen LogP contribution in [0.5, 0.6) is 5.75 Å². The van der Waals surface area contributed by atoms with E-state index in [9.17, 15) is 14.9 Å². The molecule has 1 N–H and O–H groups in total. The Balaban J connectivity index is 2.09. The molecule has 1 fully saturated rings. The zero-order valence-electron chi connectivity index (χ0n) is 11.1. The van der Waals surface area contributed by atoms with Gasteiger partial charge in [0.25, 0.3) is 0 Å². The minimum Gasteiger partial charge on any atom is -0.490 e. The minimum absolute atomic E-state index is 0.0704. The van der Waals surface area contributed by atoms with Crippen molar-refractivity contribution in [1.82, 2.24) is 4.90 Å². The van der Waals surface area contributed by atoms with Gasteiger partial charge in [0.1, 0.15) is 0 Å². The fraction of sp³-hybridized carbons (Fsp3) is 0.462. The van der Waals surface area contributed by atoms with E-state index >= 15 is 0 Å². The lowest BCUT2D eigenvalue weighted by Crippen LogP contribution is -2.22. The molecule has 0 aliphatic carbocycles. The first-order valence-electron chi connectivity index (χ1n) is 6.27. The Labute approximate surface area is 115 Å². The highest BCUT2D eigenvalue weighted by molar-refractivity contribution is 5.70. The number of carbonyl (C=O) groups is 1. The van der Waals surface area contributed by atoms with E-state index in [0.717, 1.165) is 5.56 Å². The highest BCUT2D eigenvalue weighted by atomic mass is 16.6. The van der Waals surface area contributed by atoms with Gasteiger partial charge in [-0.1, -0.05) is 6.07 Å². The third kappa shape index (κ3) is 3.05. The molecule has 1 heterocycles. The lowest BCUT2D eigenvalue weighted by atomic mass is 10.1. The molecule has 0 amide bonds. The number of hydrogen-bond acceptors (Lipinski definition) is 5. The summed E-state index contributed by atoms with van der Waals surface area (Å²) in [5.74, 6) is -0.903. The number of nitro benzene ring substituents is 1. The van der Waals surface area contributed by atoms with Crippen LogP contribution in [0.2, 0.25) is 0 Å². The molecule has 0 radical (unpaired) electrons. The summed E-state index contributed by atoms with van der Waals surface area (Å²) in [5.41, 5.74) is 0.711. The zero-order valence-corrected chi connectivity index (χ0v) is 11.1. The van der Waals surface area contributed by atoms with Gasteiger partial charge < -0.3 is 9.84 Å². The molecule has 1 aliphatic heterocycles. The Bertz CT molecular complexity index is 531. The first-order valence-corrected chi connectivity index (χ1v) is 6.27. The molecular formula is C13H16N2O5. The average Bonchev–Trinajstić information content (AvgIpc) is 2.87. The number of benzene rings is 1. The summed E-state index contributed by atoms with van der Waals surface area (Å²) in [5, 5.41) is 19.9. The number of aliphatic carboxylic acids is 1. The number of nitro groups is 1. The van der Waals surface area contributed by atoms with E-state index in [4.69, 9.17) is 9.84 Å². The summed E-state index contributed by atoms with van der Waals surface area (Å²) < 4.78 is 4.95. The van der Waals surface area contributed by atoms with Crippen LogP contribution in [-0.4, -0.2) is 41.1 Å². The van der Waals surface area contributed by atoms with Crippen LogP contribution in [0.4, 0.5) is 5.69 Å². The van der Waals surface area contributed by atoms with Crippen molar-refractivity contribution in [1.29, 1.82) is 0 Å². The molecule has 1 aliphatic rings. The van der Waals surface area contributed by atoms with Crippen molar-refractivity contribution in [3.8, 4) is 5.75 Å². The number of nitrogens with zero attached hydrogens (tertiary/aromatic N) is 2. The van der Waals surface area contributed by atoms with E-state index in [1.165, 1.54) is 13.2 Å². The zero-order chi connectivity index (χ0) is 14.7. The van der Waals surface area contributed by atoms with Crippen molar-refractivity contribution in [3.05, 3.63) is 33.9 Å². The Morgan fingerprint density at radius 1 is 1.60 bits per heavy atom. The first-order chi connectivity index (χ1) is 9.51. The van der Waals surface area contributed by atoms with E-state index in [1.807, 2.05) is 4.90 Å². The molecule has 7 heteroatoms. The Hall–Kier alpha value is -2.15. The molecule has 0 saturated carbocycles. The molecule has 1 saturated heterocycles. The van der Waals surface area contributed by atoms with Gasteiger partial charge in [-0.3, -0.25) is 19.8 Å². The summed E-state index contributed by atoms with van der Waals surface area (Å²) in [7, 11) is 1.39. The predicted molar refractivity (Wildman–Crippen MR) is 70.7 cm³/mol. The van der Waals surface area contributed by atoms with E-state index in [0.29, 0.717) is 26.1 Å². The van der Waals surface area contributed by atoms with E-state index < -0.39 is 10.9 Å². The van der Waals surface area contributed by atoms with Crippen molar-refractivity contribution in [2.24, 2.45) is 5.92 Å². The summed E-state index contributed by atoms with van der Waals surface area (Å²) in [6.45, 7) is 1.68. The van der Waals surface area contributed by atoms with Gasteiger partial charge in [-0.25, -0.2) is 0 Å². The molecule has 1 unspecified atom stereocenters. The SMILES string of the molecule is COc1ccc(CN2CCC(C(=O)O)C2)cc1[N+](=O)[O-]. The van der Waals surface area contributed by atoms with Crippen LogP contribution in [0.1, 0.15) is 12.0 Å². The van der Waals surface area contributed by atoms with Crippen molar-refractivity contribution < 1.29 is 19.6 Å². The average molecular weight is 280 g/mol. The summed E-state index contributed by atoms with van der Waals surface area (Å²) in [6.07, 6.45) is 0.619. The first kappa shape index (κ1) is 14.3. The Morgan fingerprint density at radius 2 is 2.35 bits per heavy atom. The van der Waals surface area contributed by atoms with Crippen molar-refractivity contribution in [2.45, 2.75) is 13.0 Å². The van der Waals surface area contributed by atoms with Crippen LogP contribution < -0.4 is 4.74 Å². The molecule has 1 aromatic rings. The van der Waals surface area contributed by atoms with Crippen LogP contribution in [0.3, 0.4) is 0 Å². The van der Waals surface area contributed by atoms with Gasteiger partial charge in [0.05, 0.1) is 18.0 Å². The number of likely N-dealkylation sites (tertiary alicyclic amines) is 1. The standard InChI is InChI=1S/C13H16N2O5/c1-20-12-3-2-9(6-11(12)15(18)19)7-14-5-4-10(8-14)13(16)17/h2-3,6,10H,4-5,7-8H2,1H3,(H,16,17). The van der Waals surface area contributed by atoms with Gasteiger partial charge in [-0.15, -0.1) is 0 Å². The van der Waals surface area contributed by atoms with Crippen molar-refractivity contribution >= 4 is 11.7 Å². The maximum absolute atomic E-state index is 10.9. The van der Waals surface area contributed by atoms with Gasteiger partial charge in [-0.05, 0) is 24.6 Å². The van der Waals surface area contributed by atoms with E-state index in [-0.39, 0.29) is 17.4 Å². The van der Waals surface area contributed by atoms with E-state index in [2.05, 4.69) is 0 Å². The summed E-state index contributed by atoms with van der Waals surface area (Å²) in [6, 6.07) is 4.81. The topological polar surface area (TPSA) is 92.9 Å². The number of hydrogen-bond donors (Lipinski definition) is 1. The smallest absolute Gasteiger partial charge is 0.311 e. The Morgan fingerprint density at radius 3 is 2.90 bits per heavy atom. The molecule has 20 heavy (non-hydrogen) atoms. The molecule has 108 valence electrons. The highest BCUT2D eigenvalue weighted by Crippen LogP contribution is 2.28. The van der Waals surface area contributed by atoms with Crippen LogP contribution in [0.25, 0.3) is 0 Å². The van der Waals surface area contributed by atoms with Crippen LogP contribution in [-0.2, 0) is 11.3 Å². The third-order valence-electron chi connectivity index (χ3n) is 3.47. The number of carboxylic acid groups (broad SMARTS) is 1. The van der Waals surface area contributed by atoms with Gasteiger partial charge in [0, 0.05) is 19.2 Å². The van der Waals surface area contributed by atoms with Crippen molar-refractivity contribution in [3.63, 3.8) is 0 Å². The minimum atomic E-state index is -0.784. The highest BCUT2D eigenvalue weighted by Gasteiger charge is 2.28. The van der Waals surface area contributed by atoms with Gasteiger partial charge in [-0.2, -0.15) is 0 Å². The molecule has 7 nitrogen and oxygen atoms in total. The molecule has 0 spiro atoms. The van der Waals surface area contributed by atoms with Gasteiger partial charge in [0.15, 0.2) is 5.75 Å². The number of carboxylic acids is 1. The molecule has 0 bridgehead atoms. The van der Waals surface area contributed by atoms with Gasteiger partial charge >= 0.3 is 11.7 Å². The normalized spacial score (nSPS) is 18.9. The number of rotatable bonds is 5. The van der Waals surface area contributed by atoms with Crippen molar-refractivity contribution in [2.75, 3.05) is 20.2 Å². The predicted octanol–water partition coefficient (Wildman–Crippen LogP) is 1.51. The quantitative estimate of drug-likeness (QED) is 0.649. The second-order valence-corrected chi connectivity index (χ2v) is 4.82. The Kier molecular flexibility index (Phi) is 4.19. The summed E-state index contributed by atoms with van der Waals surface area (Å²) in [4.78, 5) is 23.4. The fourth-order valence-electron chi connectivity index (χ4n) is 2.41. The fourth-order valence-corrected chi connectivity index (χ4v) is 2.41. The molecule has 1 aromatic carbocycles. The van der Waals surface area contributed by atoms with Crippen LogP contribution in [0.15, 0.2) is 18.2 Å². The molecule has 0 aromatic heterocycles. The van der Waals surface area contributed by atoms with E-state index in [1.54, 1.807) is 12.1 Å². The van der Waals surface area contributed by atoms with Crippen LogP contribution >= 0.6 is 0 Å². The second kappa shape index (κ2) is 5.87. The lowest BCUT2D eigenvalue weighted by molar-refractivity contribution is -0.385. The maximum atomic E-state index is 10.9. The second-order valence-electron chi connectivity index (χ2n) is 4.82. The number of methoxy groups -OCH3 is 1. The third-order valence-corrected chi connectivity index (χ3v) is 3.47. The molecule has 2 rings (SSSR count). The monoisotopic (exact) mass is 280 g/mol. The largest absolute Gasteiger partial charge is 0.490 e. The lowest BCUT2D eigenvalue weighted by Gasteiger charge is -2.15.